The molecule has 0 unspecified atom stereocenters. The second-order valence-corrected chi connectivity index (χ2v) is 11.3. The molecule has 1 aliphatic heterocycles. The Bertz CT molecular complexity index is 1330. The third kappa shape index (κ3) is 4.75. The molecule has 194 valence electrons. The molecule has 4 rings (SSSR count). The van der Waals surface area contributed by atoms with E-state index in [0.29, 0.717) is 66.6 Å². The van der Waals surface area contributed by atoms with Crippen molar-refractivity contribution in [3.8, 4) is 11.5 Å². The Kier molecular flexibility index (Phi) is 7.21. The molecule has 0 radical (unpaired) electrons. The summed E-state index contributed by atoms with van der Waals surface area (Å²) in [6.07, 6.45) is 2.98. The summed E-state index contributed by atoms with van der Waals surface area (Å²) in [4.78, 5) is 15.9. The average Bonchev–Trinajstić information content (AvgIpc) is 2.88. The number of fused-ring (bicyclic) bond motifs is 1. The number of pyridine rings is 1. The molecule has 3 aromatic rings. The smallest absolute Gasteiger partial charge is 0.281 e. The van der Waals surface area contributed by atoms with E-state index in [2.05, 4.69) is 9.97 Å². The van der Waals surface area contributed by atoms with Crippen molar-refractivity contribution in [2.45, 2.75) is 18.3 Å². The van der Waals surface area contributed by atoms with Gasteiger partial charge in [0.2, 0.25) is 5.95 Å². The van der Waals surface area contributed by atoms with E-state index in [4.69, 9.17) is 20.2 Å². The number of nitrogens with zero attached hydrogens (tertiary/aromatic N) is 6. The van der Waals surface area contributed by atoms with Gasteiger partial charge in [-0.05, 0) is 31.0 Å². The Balaban J connectivity index is 1.67. The van der Waals surface area contributed by atoms with Gasteiger partial charge >= 0.3 is 0 Å². The van der Waals surface area contributed by atoms with Gasteiger partial charge in [-0.1, -0.05) is 6.07 Å². The first kappa shape index (κ1) is 25.9. The lowest BCUT2D eigenvalue weighted by Gasteiger charge is -2.43. The fourth-order valence-electron chi connectivity index (χ4n) is 4.71. The number of methoxy groups -OCH3 is 2. The molecule has 2 aromatic heterocycles. The SMILES string of the molecule is COc1cc2nc(N(C)CC3(c4ccccn4)CCN(S(=O)(=O)N(C)C)CC3)nc(N)c2cc1OC. The summed E-state index contributed by atoms with van der Waals surface area (Å²) >= 11 is 0. The predicted octanol–water partition coefficient (Wildman–Crippen LogP) is 1.90. The molecule has 1 aromatic carbocycles. The molecule has 0 bridgehead atoms. The first-order valence-electron chi connectivity index (χ1n) is 11.6. The maximum absolute atomic E-state index is 12.7. The highest BCUT2D eigenvalue weighted by molar-refractivity contribution is 7.86. The van der Waals surface area contributed by atoms with Crippen LogP contribution in [-0.4, -0.2) is 87.0 Å². The molecule has 0 saturated carbocycles. The normalized spacial score (nSPS) is 16.3. The summed E-state index contributed by atoms with van der Waals surface area (Å²) in [5.41, 5.74) is 7.48. The number of benzene rings is 1. The topological polar surface area (TPSA) is 127 Å². The van der Waals surface area contributed by atoms with Crippen LogP contribution in [-0.2, 0) is 15.6 Å². The minimum absolute atomic E-state index is 0.335. The molecule has 1 saturated heterocycles. The van der Waals surface area contributed by atoms with Gasteiger partial charge in [-0.25, -0.2) is 4.98 Å². The summed E-state index contributed by atoms with van der Waals surface area (Å²) in [6, 6.07) is 9.38. The van der Waals surface area contributed by atoms with Gasteiger partial charge < -0.3 is 20.1 Å². The van der Waals surface area contributed by atoms with E-state index in [1.165, 1.54) is 8.61 Å². The predicted molar refractivity (Wildman–Crippen MR) is 140 cm³/mol. The number of anilines is 2. The molecule has 3 heterocycles. The number of ether oxygens (including phenoxy) is 2. The molecule has 0 atom stereocenters. The first-order chi connectivity index (χ1) is 17.1. The Hall–Kier alpha value is -3.22. The van der Waals surface area contributed by atoms with E-state index in [1.54, 1.807) is 46.6 Å². The van der Waals surface area contributed by atoms with Crippen LogP contribution < -0.4 is 20.1 Å². The lowest BCUT2D eigenvalue weighted by atomic mass is 9.75. The van der Waals surface area contributed by atoms with E-state index in [-0.39, 0.29) is 5.41 Å². The molecule has 0 aliphatic carbocycles. The maximum atomic E-state index is 12.7. The zero-order chi connectivity index (χ0) is 26.1. The zero-order valence-electron chi connectivity index (χ0n) is 21.3. The van der Waals surface area contributed by atoms with Crippen molar-refractivity contribution in [3.05, 3.63) is 42.2 Å². The second-order valence-electron chi connectivity index (χ2n) is 9.17. The highest BCUT2D eigenvalue weighted by Gasteiger charge is 2.42. The van der Waals surface area contributed by atoms with Crippen LogP contribution in [0, 0.1) is 0 Å². The van der Waals surface area contributed by atoms with Gasteiger partial charge in [0, 0.05) is 69.5 Å². The Morgan fingerprint density at radius 2 is 1.72 bits per heavy atom. The number of hydrogen-bond donors (Lipinski definition) is 1. The highest BCUT2D eigenvalue weighted by atomic mass is 32.2. The summed E-state index contributed by atoms with van der Waals surface area (Å²) in [7, 11) is 4.66. The standard InChI is InChI=1S/C24H33N7O4S/c1-29(2)36(32,33)31-12-9-24(10-13-31,21-8-6-7-11-26-21)16-30(3)23-27-18-15-20(35-5)19(34-4)14-17(18)22(25)28-23/h6-8,11,14-15H,9-10,12-13,16H2,1-5H3,(H2,25,27,28). The van der Waals surface area contributed by atoms with Crippen LogP contribution in [0.2, 0.25) is 0 Å². The number of likely N-dealkylation sites (N-methyl/N-ethyl adjacent to an activating group) is 1. The highest BCUT2D eigenvalue weighted by Crippen LogP contribution is 2.38. The number of aromatic nitrogens is 3. The van der Waals surface area contributed by atoms with Crippen molar-refractivity contribution in [2.75, 3.05) is 65.6 Å². The van der Waals surface area contributed by atoms with Gasteiger partial charge in [-0.2, -0.15) is 22.0 Å². The number of nitrogens with two attached hydrogens (primary N) is 1. The van der Waals surface area contributed by atoms with Gasteiger partial charge in [0.05, 0.1) is 19.7 Å². The van der Waals surface area contributed by atoms with Crippen molar-refractivity contribution in [3.63, 3.8) is 0 Å². The molecule has 2 N–H and O–H groups in total. The van der Waals surface area contributed by atoms with Gasteiger partial charge in [-0.15, -0.1) is 0 Å². The monoisotopic (exact) mass is 515 g/mol. The van der Waals surface area contributed by atoms with Gasteiger partial charge in [0.25, 0.3) is 10.2 Å². The fraction of sp³-hybridized carbons (Fsp3) is 0.458. The Morgan fingerprint density at radius 3 is 2.31 bits per heavy atom. The quantitative estimate of drug-likeness (QED) is 0.478. The van der Waals surface area contributed by atoms with Gasteiger partial charge in [-0.3, -0.25) is 4.98 Å². The number of rotatable bonds is 8. The minimum atomic E-state index is -3.49. The third-order valence-corrected chi connectivity index (χ3v) is 8.72. The molecule has 36 heavy (non-hydrogen) atoms. The lowest BCUT2D eigenvalue weighted by Crippen LogP contribution is -2.52. The van der Waals surface area contributed by atoms with Crippen LogP contribution in [0.3, 0.4) is 0 Å². The fourth-order valence-corrected chi connectivity index (χ4v) is 5.82. The summed E-state index contributed by atoms with van der Waals surface area (Å²) in [5, 5.41) is 0.673. The minimum Gasteiger partial charge on any atom is -0.493 e. The van der Waals surface area contributed by atoms with Crippen molar-refractivity contribution < 1.29 is 17.9 Å². The first-order valence-corrected chi connectivity index (χ1v) is 13.0. The van der Waals surface area contributed by atoms with Crippen molar-refractivity contribution in [1.82, 2.24) is 23.6 Å². The largest absolute Gasteiger partial charge is 0.493 e. The van der Waals surface area contributed by atoms with Gasteiger partial charge in [0.1, 0.15) is 5.82 Å². The molecule has 1 aliphatic rings. The van der Waals surface area contributed by atoms with Crippen LogP contribution in [0.15, 0.2) is 36.5 Å². The summed E-state index contributed by atoms with van der Waals surface area (Å²) in [5.74, 6) is 1.90. The van der Waals surface area contributed by atoms with E-state index >= 15 is 0 Å². The summed E-state index contributed by atoms with van der Waals surface area (Å²) < 4.78 is 39.0. The van der Waals surface area contributed by atoms with E-state index in [0.717, 1.165) is 5.69 Å². The Morgan fingerprint density at radius 1 is 1.06 bits per heavy atom. The van der Waals surface area contributed by atoms with Crippen molar-refractivity contribution >= 4 is 32.9 Å². The van der Waals surface area contributed by atoms with Crippen molar-refractivity contribution in [1.29, 1.82) is 0 Å². The number of hydrogen-bond acceptors (Lipinski definition) is 9. The van der Waals surface area contributed by atoms with E-state index in [1.807, 2.05) is 30.1 Å². The van der Waals surface area contributed by atoms with E-state index < -0.39 is 10.2 Å². The van der Waals surface area contributed by atoms with Crippen molar-refractivity contribution in [2.24, 2.45) is 0 Å². The number of nitrogen functional groups attached to an aromatic ring is 1. The van der Waals surface area contributed by atoms with Crippen LogP contribution in [0.1, 0.15) is 18.5 Å². The molecule has 0 spiro atoms. The maximum Gasteiger partial charge on any atom is 0.281 e. The zero-order valence-corrected chi connectivity index (χ0v) is 22.1. The average molecular weight is 516 g/mol. The second kappa shape index (κ2) is 10.0. The molecule has 0 amide bonds. The van der Waals surface area contributed by atoms with Crippen LogP contribution in [0.5, 0.6) is 11.5 Å². The van der Waals surface area contributed by atoms with Crippen LogP contribution in [0.25, 0.3) is 10.9 Å². The van der Waals surface area contributed by atoms with E-state index in [9.17, 15) is 8.42 Å². The van der Waals surface area contributed by atoms with Crippen LogP contribution >= 0.6 is 0 Å². The lowest BCUT2D eigenvalue weighted by molar-refractivity contribution is 0.224. The Labute approximate surface area is 212 Å². The van der Waals surface area contributed by atoms with Gasteiger partial charge in [0.15, 0.2) is 11.5 Å². The molecule has 12 heteroatoms. The molecular weight excluding hydrogens is 482 g/mol. The van der Waals surface area contributed by atoms with Crippen LogP contribution in [0.4, 0.5) is 11.8 Å². The molecule has 11 nitrogen and oxygen atoms in total. The number of piperidine rings is 1. The molecule has 1 fully saturated rings. The third-order valence-electron chi connectivity index (χ3n) is 6.78. The summed E-state index contributed by atoms with van der Waals surface area (Å²) in [6.45, 7) is 1.32. The molecular formula is C24H33N7O4S.